The maximum atomic E-state index is 10.4. The molecule has 0 radical (unpaired) electrons. The monoisotopic (exact) mass is 202 g/mol. The first kappa shape index (κ1) is 11.5. The quantitative estimate of drug-likeness (QED) is 0.476. The van der Waals surface area contributed by atoms with E-state index in [1.165, 1.54) is 6.92 Å². The zero-order valence-electron chi connectivity index (χ0n) is 8.88. The Morgan fingerprint density at radius 3 is 2.57 bits per heavy atom. The Hall–Kier alpha value is -0.610. The smallest absolute Gasteiger partial charge is 0.302 e. The molecule has 0 spiro atoms. The predicted octanol–water partition coefficient (Wildman–Crippen LogP) is 0.993. The summed E-state index contributed by atoms with van der Waals surface area (Å²) in [5.74, 6) is -0.259. The largest absolute Gasteiger partial charge is 0.463 e. The summed E-state index contributed by atoms with van der Waals surface area (Å²) >= 11 is 0. The van der Waals surface area contributed by atoms with Gasteiger partial charge in [0, 0.05) is 12.3 Å². The number of esters is 1. The number of rotatable bonds is 6. The van der Waals surface area contributed by atoms with E-state index in [4.69, 9.17) is 14.2 Å². The first-order valence-corrected chi connectivity index (χ1v) is 4.97. The Balaban J connectivity index is 2.00. The molecule has 0 atom stereocenters. The second kappa shape index (κ2) is 5.32. The third kappa shape index (κ3) is 3.27. The highest BCUT2D eigenvalue weighted by Crippen LogP contribution is 2.31. The van der Waals surface area contributed by atoms with Crippen LogP contribution in [0.2, 0.25) is 0 Å². The van der Waals surface area contributed by atoms with Crippen LogP contribution < -0.4 is 0 Å². The number of hydrogen-bond donors (Lipinski definition) is 0. The fraction of sp³-hybridized carbons (Fsp3) is 0.900. The maximum absolute atomic E-state index is 10.4. The summed E-state index contributed by atoms with van der Waals surface area (Å²) in [7, 11) is 0. The van der Waals surface area contributed by atoms with Crippen LogP contribution in [0, 0.1) is 5.41 Å². The molecule has 0 aromatic heterocycles. The molecule has 0 unspecified atom stereocenters. The summed E-state index contributed by atoms with van der Waals surface area (Å²) < 4.78 is 15.3. The second-order valence-corrected chi connectivity index (χ2v) is 3.74. The minimum Gasteiger partial charge on any atom is -0.463 e. The lowest BCUT2D eigenvalue weighted by molar-refractivity contribution is -0.157. The van der Waals surface area contributed by atoms with Crippen LogP contribution in [0.25, 0.3) is 0 Å². The van der Waals surface area contributed by atoms with Crippen LogP contribution in [0.1, 0.15) is 20.3 Å². The number of carbonyl (C=O) groups is 1. The molecule has 0 aliphatic carbocycles. The molecule has 0 saturated carbocycles. The molecule has 1 rings (SSSR count). The fourth-order valence-electron chi connectivity index (χ4n) is 1.31. The zero-order chi connectivity index (χ0) is 10.4. The summed E-state index contributed by atoms with van der Waals surface area (Å²) in [6.07, 6.45) is 1.07. The van der Waals surface area contributed by atoms with E-state index in [0.717, 1.165) is 19.6 Å². The minimum atomic E-state index is -0.259. The molecule has 0 aromatic carbocycles. The van der Waals surface area contributed by atoms with Crippen molar-refractivity contribution in [2.75, 3.05) is 33.0 Å². The van der Waals surface area contributed by atoms with Crippen molar-refractivity contribution in [3.63, 3.8) is 0 Å². The SMILES string of the molecule is CCC1(COCCOC(C)=O)COC1. The molecule has 1 aliphatic heterocycles. The fourth-order valence-corrected chi connectivity index (χ4v) is 1.31. The van der Waals surface area contributed by atoms with E-state index >= 15 is 0 Å². The summed E-state index contributed by atoms with van der Waals surface area (Å²) in [4.78, 5) is 10.4. The Labute approximate surface area is 84.5 Å². The highest BCUT2D eigenvalue weighted by Gasteiger charge is 2.36. The van der Waals surface area contributed by atoms with Gasteiger partial charge >= 0.3 is 5.97 Å². The Morgan fingerprint density at radius 2 is 2.14 bits per heavy atom. The lowest BCUT2D eigenvalue weighted by Crippen LogP contribution is -2.45. The molecule has 0 amide bonds. The van der Waals surface area contributed by atoms with Crippen molar-refractivity contribution < 1.29 is 19.0 Å². The molecule has 1 aliphatic rings. The van der Waals surface area contributed by atoms with Gasteiger partial charge in [0.25, 0.3) is 0 Å². The van der Waals surface area contributed by atoms with Crippen LogP contribution in [0.15, 0.2) is 0 Å². The van der Waals surface area contributed by atoms with Crippen molar-refractivity contribution in [2.24, 2.45) is 5.41 Å². The first-order chi connectivity index (χ1) is 6.68. The van der Waals surface area contributed by atoms with Gasteiger partial charge in [-0.25, -0.2) is 0 Å². The average Bonchev–Trinajstić information content (AvgIpc) is 2.08. The highest BCUT2D eigenvalue weighted by atomic mass is 16.6. The molecule has 82 valence electrons. The van der Waals surface area contributed by atoms with E-state index in [-0.39, 0.29) is 11.4 Å². The molecule has 0 bridgehead atoms. The molecule has 0 N–H and O–H groups in total. The second-order valence-electron chi connectivity index (χ2n) is 3.74. The van der Waals surface area contributed by atoms with Gasteiger partial charge in [0.15, 0.2) is 0 Å². The number of carbonyl (C=O) groups excluding carboxylic acids is 1. The molecule has 1 saturated heterocycles. The Kier molecular flexibility index (Phi) is 4.35. The van der Waals surface area contributed by atoms with Crippen LogP contribution in [-0.2, 0) is 19.0 Å². The molecular formula is C10H18O4. The Bertz CT molecular complexity index is 181. The number of ether oxygens (including phenoxy) is 3. The molecule has 0 aromatic rings. The predicted molar refractivity (Wildman–Crippen MR) is 51.0 cm³/mol. The van der Waals surface area contributed by atoms with Gasteiger partial charge in [-0.2, -0.15) is 0 Å². The molecule has 14 heavy (non-hydrogen) atoms. The van der Waals surface area contributed by atoms with Gasteiger partial charge in [-0.3, -0.25) is 4.79 Å². The molecule has 4 heteroatoms. The lowest BCUT2D eigenvalue weighted by Gasteiger charge is -2.40. The van der Waals surface area contributed by atoms with Gasteiger partial charge < -0.3 is 14.2 Å². The highest BCUT2D eigenvalue weighted by molar-refractivity contribution is 5.65. The van der Waals surface area contributed by atoms with Gasteiger partial charge in [-0.15, -0.1) is 0 Å². The van der Waals surface area contributed by atoms with Crippen molar-refractivity contribution >= 4 is 5.97 Å². The van der Waals surface area contributed by atoms with Crippen LogP contribution in [0.5, 0.6) is 0 Å². The normalized spacial score (nSPS) is 18.7. The van der Waals surface area contributed by atoms with Gasteiger partial charge in [0.05, 0.1) is 26.4 Å². The topological polar surface area (TPSA) is 44.8 Å². The third-order valence-corrected chi connectivity index (χ3v) is 2.51. The van der Waals surface area contributed by atoms with Crippen LogP contribution in [-0.4, -0.2) is 39.0 Å². The maximum Gasteiger partial charge on any atom is 0.302 e. The average molecular weight is 202 g/mol. The molecular weight excluding hydrogens is 184 g/mol. The van der Waals surface area contributed by atoms with E-state index in [1.54, 1.807) is 0 Å². The minimum absolute atomic E-state index is 0.218. The van der Waals surface area contributed by atoms with Crippen molar-refractivity contribution in [2.45, 2.75) is 20.3 Å². The van der Waals surface area contributed by atoms with E-state index < -0.39 is 0 Å². The van der Waals surface area contributed by atoms with Crippen LogP contribution in [0.4, 0.5) is 0 Å². The van der Waals surface area contributed by atoms with Crippen molar-refractivity contribution in [3.05, 3.63) is 0 Å². The van der Waals surface area contributed by atoms with Crippen LogP contribution >= 0.6 is 0 Å². The molecule has 1 fully saturated rings. The van der Waals surface area contributed by atoms with Gasteiger partial charge in [-0.05, 0) is 6.42 Å². The van der Waals surface area contributed by atoms with Gasteiger partial charge in [0.1, 0.15) is 6.61 Å². The zero-order valence-corrected chi connectivity index (χ0v) is 8.88. The lowest BCUT2D eigenvalue weighted by atomic mass is 9.84. The van der Waals surface area contributed by atoms with Gasteiger partial charge in [0.2, 0.25) is 0 Å². The van der Waals surface area contributed by atoms with Crippen molar-refractivity contribution in [3.8, 4) is 0 Å². The Morgan fingerprint density at radius 1 is 1.43 bits per heavy atom. The summed E-state index contributed by atoms with van der Waals surface area (Å²) in [6, 6.07) is 0. The standard InChI is InChI=1S/C10H18O4/c1-3-10(7-13-8-10)6-12-4-5-14-9(2)11/h3-8H2,1-2H3. The summed E-state index contributed by atoms with van der Waals surface area (Å²) in [5.41, 5.74) is 0.218. The summed E-state index contributed by atoms with van der Waals surface area (Å²) in [6.45, 7) is 6.63. The van der Waals surface area contributed by atoms with E-state index in [1.807, 2.05) is 0 Å². The first-order valence-electron chi connectivity index (χ1n) is 4.97. The molecule has 4 nitrogen and oxygen atoms in total. The third-order valence-electron chi connectivity index (χ3n) is 2.51. The van der Waals surface area contributed by atoms with E-state index in [9.17, 15) is 4.79 Å². The number of hydrogen-bond acceptors (Lipinski definition) is 4. The van der Waals surface area contributed by atoms with E-state index in [2.05, 4.69) is 6.92 Å². The van der Waals surface area contributed by atoms with Crippen molar-refractivity contribution in [1.82, 2.24) is 0 Å². The van der Waals surface area contributed by atoms with Crippen LogP contribution in [0.3, 0.4) is 0 Å². The van der Waals surface area contributed by atoms with E-state index in [0.29, 0.717) is 19.8 Å². The van der Waals surface area contributed by atoms with Gasteiger partial charge in [-0.1, -0.05) is 6.92 Å². The van der Waals surface area contributed by atoms with Crippen molar-refractivity contribution in [1.29, 1.82) is 0 Å². The summed E-state index contributed by atoms with van der Waals surface area (Å²) in [5, 5.41) is 0. The molecule has 1 heterocycles.